The second-order valence-electron chi connectivity index (χ2n) is 6.37. The zero-order valence-corrected chi connectivity index (χ0v) is 15.4. The SMILES string of the molecule is CC(C)COc1ccccc1NC(=O)/C=C/c1cn(C)c(=O)n(C)c1=O. The van der Waals surface area contributed by atoms with Crippen molar-refractivity contribution in [2.45, 2.75) is 13.8 Å². The van der Waals surface area contributed by atoms with Gasteiger partial charge in [-0.1, -0.05) is 26.0 Å². The third-order valence-electron chi connectivity index (χ3n) is 3.60. The molecule has 0 atom stereocenters. The number of nitrogens with one attached hydrogen (secondary N) is 1. The molecule has 1 amide bonds. The van der Waals surface area contributed by atoms with Crippen LogP contribution in [0.5, 0.6) is 5.75 Å². The van der Waals surface area contributed by atoms with Gasteiger partial charge in [-0.05, 0) is 24.1 Å². The second kappa shape index (κ2) is 8.33. The molecular weight excluding hydrogens is 334 g/mol. The highest BCUT2D eigenvalue weighted by Gasteiger charge is 2.08. The molecule has 1 aromatic heterocycles. The Hall–Kier alpha value is -3.09. The summed E-state index contributed by atoms with van der Waals surface area (Å²) in [6.07, 6.45) is 4.03. The first-order valence-electron chi connectivity index (χ1n) is 8.27. The molecule has 0 aliphatic carbocycles. The minimum atomic E-state index is -0.460. The van der Waals surface area contributed by atoms with Crippen LogP contribution in [0.3, 0.4) is 0 Å². The Morgan fingerprint density at radius 2 is 1.92 bits per heavy atom. The number of carbonyl (C=O) groups excluding carboxylic acids is 1. The molecule has 0 bridgehead atoms. The van der Waals surface area contributed by atoms with Gasteiger partial charge in [0.1, 0.15) is 5.75 Å². The van der Waals surface area contributed by atoms with E-state index in [9.17, 15) is 14.4 Å². The molecule has 1 heterocycles. The number of amides is 1. The average Bonchev–Trinajstić information content (AvgIpc) is 2.61. The molecule has 1 N–H and O–H groups in total. The summed E-state index contributed by atoms with van der Waals surface area (Å²) in [5, 5.41) is 2.74. The maximum atomic E-state index is 12.2. The summed E-state index contributed by atoms with van der Waals surface area (Å²) in [7, 11) is 2.94. The molecule has 1 aromatic carbocycles. The van der Waals surface area contributed by atoms with Crippen molar-refractivity contribution in [3.8, 4) is 5.75 Å². The molecular formula is C19H23N3O4. The third-order valence-corrected chi connectivity index (χ3v) is 3.60. The number of aryl methyl sites for hydroxylation is 1. The van der Waals surface area contributed by atoms with E-state index in [1.807, 2.05) is 19.9 Å². The van der Waals surface area contributed by atoms with E-state index < -0.39 is 17.2 Å². The number of benzene rings is 1. The minimum Gasteiger partial charge on any atom is -0.491 e. The molecule has 0 saturated heterocycles. The van der Waals surface area contributed by atoms with Gasteiger partial charge < -0.3 is 14.6 Å². The lowest BCUT2D eigenvalue weighted by molar-refractivity contribution is -0.111. The molecule has 0 saturated carbocycles. The van der Waals surface area contributed by atoms with E-state index in [4.69, 9.17) is 4.74 Å². The van der Waals surface area contributed by atoms with Crippen molar-refractivity contribution in [1.29, 1.82) is 0 Å². The predicted molar refractivity (Wildman–Crippen MR) is 101 cm³/mol. The normalized spacial score (nSPS) is 11.1. The molecule has 7 nitrogen and oxygen atoms in total. The van der Waals surface area contributed by atoms with E-state index in [-0.39, 0.29) is 5.56 Å². The molecule has 26 heavy (non-hydrogen) atoms. The smallest absolute Gasteiger partial charge is 0.330 e. The number of nitrogens with zero attached hydrogens (tertiary/aromatic N) is 2. The van der Waals surface area contributed by atoms with Crippen LogP contribution in [0, 0.1) is 5.92 Å². The van der Waals surface area contributed by atoms with E-state index in [0.717, 1.165) is 4.57 Å². The molecule has 0 aliphatic heterocycles. The fourth-order valence-electron chi connectivity index (χ4n) is 2.24. The van der Waals surface area contributed by atoms with Crippen LogP contribution in [-0.4, -0.2) is 21.6 Å². The van der Waals surface area contributed by atoms with Crippen molar-refractivity contribution in [3.05, 3.63) is 62.9 Å². The highest BCUT2D eigenvalue weighted by atomic mass is 16.5. The third kappa shape index (κ3) is 4.72. The van der Waals surface area contributed by atoms with Gasteiger partial charge >= 0.3 is 5.69 Å². The summed E-state index contributed by atoms with van der Waals surface area (Å²) >= 11 is 0. The number of para-hydroxylation sites is 2. The summed E-state index contributed by atoms with van der Waals surface area (Å²) in [4.78, 5) is 35.9. The summed E-state index contributed by atoms with van der Waals surface area (Å²) in [5.74, 6) is 0.544. The Kier molecular flexibility index (Phi) is 6.16. The van der Waals surface area contributed by atoms with Gasteiger partial charge in [-0.3, -0.25) is 14.2 Å². The van der Waals surface area contributed by atoms with E-state index in [0.29, 0.717) is 24.0 Å². The van der Waals surface area contributed by atoms with Crippen LogP contribution in [0.4, 0.5) is 5.69 Å². The van der Waals surface area contributed by atoms with Crippen molar-refractivity contribution in [3.63, 3.8) is 0 Å². The van der Waals surface area contributed by atoms with E-state index >= 15 is 0 Å². The highest BCUT2D eigenvalue weighted by Crippen LogP contribution is 2.24. The molecule has 0 spiro atoms. The molecule has 0 unspecified atom stereocenters. The Bertz CT molecular complexity index is 939. The van der Waals surface area contributed by atoms with Crippen LogP contribution in [0.2, 0.25) is 0 Å². The van der Waals surface area contributed by atoms with Gasteiger partial charge in [0.15, 0.2) is 0 Å². The molecule has 2 rings (SSSR count). The molecule has 2 aromatic rings. The Labute approximate surface area is 151 Å². The Morgan fingerprint density at radius 1 is 1.23 bits per heavy atom. The quantitative estimate of drug-likeness (QED) is 0.799. The van der Waals surface area contributed by atoms with Crippen molar-refractivity contribution in [2.24, 2.45) is 20.0 Å². The first kappa shape index (κ1) is 19.2. The number of ether oxygens (including phenoxy) is 1. The first-order valence-corrected chi connectivity index (χ1v) is 8.27. The van der Waals surface area contributed by atoms with Gasteiger partial charge in [0.2, 0.25) is 5.91 Å². The van der Waals surface area contributed by atoms with Crippen molar-refractivity contribution in [2.75, 3.05) is 11.9 Å². The molecule has 0 radical (unpaired) electrons. The van der Waals surface area contributed by atoms with Crippen LogP contribution in [0.1, 0.15) is 19.4 Å². The fraction of sp³-hybridized carbons (Fsp3) is 0.316. The molecule has 0 fully saturated rings. The summed E-state index contributed by atoms with van der Waals surface area (Å²) in [6.45, 7) is 4.62. The number of rotatable bonds is 6. The van der Waals surface area contributed by atoms with E-state index in [2.05, 4.69) is 5.32 Å². The maximum absolute atomic E-state index is 12.2. The minimum absolute atomic E-state index is 0.245. The van der Waals surface area contributed by atoms with Crippen LogP contribution >= 0.6 is 0 Å². The zero-order chi connectivity index (χ0) is 19.3. The lowest BCUT2D eigenvalue weighted by atomic mass is 10.2. The summed E-state index contributed by atoms with van der Waals surface area (Å²) < 4.78 is 7.97. The summed E-state index contributed by atoms with van der Waals surface area (Å²) in [6, 6.07) is 7.15. The van der Waals surface area contributed by atoms with Gasteiger partial charge in [0, 0.05) is 26.4 Å². The zero-order valence-electron chi connectivity index (χ0n) is 15.4. The largest absolute Gasteiger partial charge is 0.491 e. The second-order valence-corrected chi connectivity index (χ2v) is 6.37. The van der Waals surface area contributed by atoms with E-state index in [1.165, 1.54) is 30.0 Å². The van der Waals surface area contributed by atoms with Gasteiger partial charge in [0.05, 0.1) is 17.9 Å². The van der Waals surface area contributed by atoms with Crippen molar-refractivity contribution >= 4 is 17.7 Å². The molecule has 7 heteroatoms. The lowest BCUT2D eigenvalue weighted by Crippen LogP contribution is -2.37. The predicted octanol–water partition coefficient (Wildman–Crippen LogP) is 1.77. The number of aromatic nitrogens is 2. The Balaban J connectivity index is 2.16. The topological polar surface area (TPSA) is 82.3 Å². The standard InChI is InChI=1S/C19H23N3O4/c1-13(2)12-26-16-8-6-5-7-15(16)20-17(23)10-9-14-11-21(3)19(25)22(4)18(14)24/h5-11,13H,12H2,1-4H3,(H,20,23)/b10-9+. The van der Waals surface area contributed by atoms with Crippen molar-refractivity contribution < 1.29 is 9.53 Å². The fourth-order valence-corrected chi connectivity index (χ4v) is 2.24. The number of anilines is 1. The van der Waals surface area contributed by atoms with Crippen molar-refractivity contribution in [1.82, 2.24) is 9.13 Å². The summed E-state index contributed by atoms with van der Waals surface area (Å²) in [5.41, 5.74) is -0.0871. The monoisotopic (exact) mass is 357 g/mol. The highest BCUT2D eigenvalue weighted by molar-refractivity contribution is 6.02. The lowest BCUT2D eigenvalue weighted by Gasteiger charge is -2.13. The van der Waals surface area contributed by atoms with Gasteiger partial charge in [-0.15, -0.1) is 0 Å². The van der Waals surface area contributed by atoms with Crippen LogP contribution in [0.15, 0.2) is 46.1 Å². The van der Waals surface area contributed by atoms with Gasteiger partial charge in [-0.25, -0.2) is 4.79 Å². The van der Waals surface area contributed by atoms with Crippen LogP contribution < -0.4 is 21.3 Å². The molecule has 0 aliphatic rings. The van der Waals surface area contributed by atoms with Gasteiger partial charge in [0.25, 0.3) is 5.56 Å². The molecule has 138 valence electrons. The first-order chi connectivity index (χ1) is 12.3. The van der Waals surface area contributed by atoms with E-state index in [1.54, 1.807) is 25.2 Å². The van der Waals surface area contributed by atoms with Gasteiger partial charge in [-0.2, -0.15) is 0 Å². The van der Waals surface area contributed by atoms with Crippen LogP contribution in [0.25, 0.3) is 6.08 Å². The van der Waals surface area contributed by atoms with Crippen LogP contribution in [-0.2, 0) is 18.9 Å². The average molecular weight is 357 g/mol. The number of carbonyl (C=O) groups is 1. The maximum Gasteiger partial charge on any atom is 0.330 e. The number of hydrogen-bond donors (Lipinski definition) is 1. The number of hydrogen-bond acceptors (Lipinski definition) is 4. The Morgan fingerprint density at radius 3 is 2.62 bits per heavy atom.